The molecule has 0 heterocycles. The molecule has 2 unspecified atom stereocenters. The number of hydrogen-bond acceptors (Lipinski definition) is 3. The van der Waals surface area contributed by atoms with Crippen LogP contribution < -0.4 is 5.32 Å². The molecule has 0 aromatic heterocycles. The Hall–Kier alpha value is -1.88. The standard InChI is InChI=1S/C15H19NO4/c17-9-11-5-3-4-10(11)8-16-14(18)12-6-1-2-7-13(12)15(19)20/h1-2,6-7,10-11,17H,3-5,8-9H2,(H,16,18)(H,19,20). The topological polar surface area (TPSA) is 86.6 Å². The molecule has 0 radical (unpaired) electrons. The highest BCUT2D eigenvalue weighted by Crippen LogP contribution is 2.30. The van der Waals surface area contributed by atoms with E-state index in [-0.39, 0.29) is 35.5 Å². The summed E-state index contributed by atoms with van der Waals surface area (Å²) >= 11 is 0. The third-order valence-corrected chi connectivity index (χ3v) is 3.98. The summed E-state index contributed by atoms with van der Waals surface area (Å²) in [6, 6.07) is 6.17. The Morgan fingerprint density at radius 3 is 2.45 bits per heavy atom. The molecule has 0 saturated heterocycles. The fourth-order valence-corrected chi connectivity index (χ4v) is 2.81. The first kappa shape index (κ1) is 14.5. The van der Waals surface area contributed by atoms with Gasteiger partial charge in [-0.15, -0.1) is 0 Å². The second kappa shape index (κ2) is 6.52. The minimum atomic E-state index is -1.11. The molecule has 5 nitrogen and oxygen atoms in total. The van der Waals surface area contributed by atoms with E-state index in [9.17, 15) is 14.7 Å². The zero-order valence-corrected chi connectivity index (χ0v) is 11.2. The van der Waals surface area contributed by atoms with Gasteiger partial charge in [0.1, 0.15) is 0 Å². The number of aliphatic hydroxyl groups is 1. The largest absolute Gasteiger partial charge is 0.478 e. The van der Waals surface area contributed by atoms with Crippen LogP contribution in [0.2, 0.25) is 0 Å². The third-order valence-electron chi connectivity index (χ3n) is 3.98. The number of benzene rings is 1. The molecular formula is C15H19NO4. The summed E-state index contributed by atoms with van der Waals surface area (Å²) < 4.78 is 0. The smallest absolute Gasteiger partial charge is 0.336 e. The SMILES string of the molecule is O=C(O)c1ccccc1C(=O)NCC1CCCC1CO. The van der Waals surface area contributed by atoms with Crippen molar-refractivity contribution in [3.8, 4) is 0 Å². The maximum atomic E-state index is 12.1. The first-order chi connectivity index (χ1) is 9.63. The number of amides is 1. The fraction of sp³-hybridized carbons (Fsp3) is 0.467. The van der Waals surface area contributed by atoms with Gasteiger partial charge in [-0.1, -0.05) is 18.6 Å². The lowest BCUT2D eigenvalue weighted by atomic mass is 9.97. The molecule has 3 N–H and O–H groups in total. The number of aliphatic hydroxyl groups excluding tert-OH is 1. The number of aromatic carboxylic acids is 1. The number of carboxylic acids is 1. The molecule has 1 aliphatic rings. The van der Waals surface area contributed by atoms with Gasteiger partial charge in [-0.25, -0.2) is 4.79 Å². The molecule has 108 valence electrons. The number of carboxylic acid groups (broad SMARTS) is 1. The lowest BCUT2D eigenvalue weighted by Gasteiger charge is -2.18. The van der Waals surface area contributed by atoms with Gasteiger partial charge in [-0.2, -0.15) is 0 Å². The molecule has 20 heavy (non-hydrogen) atoms. The van der Waals surface area contributed by atoms with Crippen molar-refractivity contribution in [3.63, 3.8) is 0 Å². The quantitative estimate of drug-likeness (QED) is 0.761. The lowest BCUT2D eigenvalue weighted by Crippen LogP contribution is -2.32. The summed E-state index contributed by atoms with van der Waals surface area (Å²) in [4.78, 5) is 23.2. The lowest BCUT2D eigenvalue weighted by molar-refractivity contribution is 0.0690. The molecule has 1 aromatic carbocycles. The molecular weight excluding hydrogens is 258 g/mol. The van der Waals surface area contributed by atoms with Crippen molar-refractivity contribution >= 4 is 11.9 Å². The molecule has 1 aliphatic carbocycles. The number of carbonyl (C=O) groups is 2. The minimum Gasteiger partial charge on any atom is -0.478 e. The summed E-state index contributed by atoms with van der Waals surface area (Å²) in [5.74, 6) is -0.956. The molecule has 1 saturated carbocycles. The predicted octanol–water partition coefficient (Wildman–Crippen LogP) is 1.52. The van der Waals surface area contributed by atoms with E-state index in [1.54, 1.807) is 12.1 Å². The van der Waals surface area contributed by atoms with Crippen LogP contribution in [0.4, 0.5) is 0 Å². The van der Waals surface area contributed by atoms with Crippen molar-refractivity contribution in [3.05, 3.63) is 35.4 Å². The Labute approximate surface area is 117 Å². The van der Waals surface area contributed by atoms with Crippen LogP contribution in [-0.4, -0.2) is 35.2 Å². The summed E-state index contributed by atoms with van der Waals surface area (Å²) in [6.07, 6.45) is 3.05. The van der Waals surface area contributed by atoms with Gasteiger partial charge < -0.3 is 15.5 Å². The van der Waals surface area contributed by atoms with E-state index < -0.39 is 5.97 Å². The van der Waals surface area contributed by atoms with Gasteiger partial charge in [0, 0.05) is 13.2 Å². The number of rotatable bonds is 5. The monoisotopic (exact) mass is 277 g/mol. The van der Waals surface area contributed by atoms with Crippen LogP contribution in [0.1, 0.15) is 40.0 Å². The molecule has 1 fully saturated rings. The van der Waals surface area contributed by atoms with Crippen LogP contribution in [0.3, 0.4) is 0 Å². The average molecular weight is 277 g/mol. The summed E-state index contributed by atoms with van der Waals surface area (Å²) in [7, 11) is 0. The van der Waals surface area contributed by atoms with Gasteiger partial charge in [-0.05, 0) is 36.8 Å². The van der Waals surface area contributed by atoms with E-state index >= 15 is 0 Å². The number of carbonyl (C=O) groups excluding carboxylic acids is 1. The van der Waals surface area contributed by atoms with Crippen molar-refractivity contribution in [2.45, 2.75) is 19.3 Å². The van der Waals surface area contributed by atoms with Gasteiger partial charge in [0.25, 0.3) is 5.91 Å². The summed E-state index contributed by atoms with van der Waals surface area (Å²) in [5.41, 5.74) is 0.189. The van der Waals surface area contributed by atoms with E-state index in [0.717, 1.165) is 19.3 Å². The van der Waals surface area contributed by atoms with Crippen LogP contribution >= 0.6 is 0 Å². The normalized spacial score (nSPS) is 21.6. The van der Waals surface area contributed by atoms with Gasteiger partial charge >= 0.3 is 5.97 Å². The van der Waals surface area contributed by atoms with Crippen molar-refractivity contribution < 1.29 is 19.8 Å². The Bertz CT molecular complexity index is 500. The van der Waals surface area contributed by atoms with Gasteiger partial charge in [-0.3, -0.25) is 4.79 Å². The van der Waals surface area contributed by atoms with Crippen molar-refractivity contribution in [2.75, 3.05) is 13.2 Å². The Kier molecular flexibility index (Phi) is 4.74. The van der Waals surface area contributed by atoms with E-state index in [2.05, 4.69) is 5.32 Å². The summed E-state index contributed by atoms with van der Waals surface area (Å²) in [5, 5.41) is 21.1. The maximum absolute atomic E-state index is 12.1. The highest BCUT2D eigenvalue weighted by atomic mass is 16.4. The van der Waals surface area contributed by atoms with E-state index in [1.165, 1.54) is 12.1 Å². The molecule has 5 heteroatoms. The zero-order chi connectivity index (χ0) is 14.5. The van der Waals surface area contributed by atoms with E-state index in [4.69, 9.17) is 5.11 Å². The van der Waals surface area contributed by atoms with Crippen LogP contribution in [-0.2, 0) is 0 Å². The second-order valence-corrected chi connectivity index (χ2v) is 5.19. The van der Waals surface area contributed by atoms with Gasteiger partial charge in [0.05, 0.1) is 11.1 Å². The highest BCUT2D eigenvalue weighted by Gasteiger charge is 2.27. The average Bonchev–Trinajstić information content (AvgIpc) is 2.92. The van der Waals surface area contributed by atoms with E-state index in [1.807, 2.05) is 0 Å². The first-order valence-corrected chi connectivity index (χ1v) is 6.85. The van der Waals surface area contributed by atoms with E-state index in [0.29, 0.717) is 6.54 Å². The van der Waals surface area contributed by atoms with Crippen LogP contribution in [0.25, 0.3) is 0 Å². The maximum Gasteiger partial charge on any atom is 0.336 e. The second-order valence-electron chi connectivity index (χ2n) is 5.19. The zero-order valence-electron chi connectivity index (χ0n) is 11.2. The van der Waals surface area contributed by atoms with Crippen LogP contribution in [0.15, 0.2) is 24.3 Å². The minimum absolute atomic E-state index is 0.00938. The predicted molar refractivity (Wildman–Crippen MR) is 73.7 cm³/mol. The molecule has 2 atom stereocenters. The molecule has 0 aliphatic heterocycles. The van der Waals surface area contributed by atoms with Gasteiger partial charge in [0.2, 0.25) is 0 Å². The van der Waals surface area contributed by atoms with Crippen molar-refractivity contribution in [2.24, 2.45) is 11.8 Å². The van der Waals surface area contributed by atoms with Gasteiger partial charge in [0.15, 0.2) is 0 Å². The Balaban J connectivity index is 2.00. The molecule has 2 rings (SSSR count). The molecule has 0 bridgehead atoms. The highest BCUT2D eigenvalue weighted by molar-refractivity contribution is 6.04. The number of nitrogens with one attached hydrogen (secondary N) is 1. The third kappa shape index (κ3) is 3.17. The molecule has 1 aromatic rings. The summed E-state index contributed by atoms with van der Waals surface area (Å²) in [6.45, 7) is 0.629. The molecule has 0 spiro atoms. The fourth-order valence-electron chi connectivity index (χ4n) is 2.81. The molecule has 1 amide bonds. The van der Waals surface area contributed by atoms with Crippen molar-refractivity contribution in [1.82, 2.24) is 5.32 Å². The number of hydrogen-bond donors (Lipinski definition) is 3. The van der Waals surface area contributed by atoms with Crippen molar-refractivity contribution in [1.29, 1.82) is 0 Å². The first-order valence-electron chi connectivity index (χ1n) is 6.85. The van der Waals surface area contributed by atoms with Crippen LogP contribution in [0, 0.1) is 11.8 Å². The Morgan fingerprint density at radius 1 is 1.15 bits per heavy atom. The Morgan fingerprint density at radius 2 is 1.80 bits per heavy atom. The van der Waals surface area contributed by atoms with Crippen LogP contribution in [0.5, 0.6) is 0 Å².